The van der Waals surface area contributed by atoms with Crippen LogP contribution in [0.25, 0.3) is 0 Å². The van der Waals surface area contributed by atoms with Crippen LogP contribution < -0.4 is 0 Å². The summed E-state index contributed by atoms with van der Waals surface area (Å²) in [5, 5.41) is 21.5. The minimum absolute atomic E-state index is 0.375. The van der Waals surface area contributed by atoms with Crippen LogP contribution in [0.3, 0.4) is 0 Å². The first-order valence-corrected chi connectivity index (χ1v) is 2.69. The summed E-state index contributed by atoms with van der Waals surface area (Å²) in [5.74, 6) is 0.375. The molecule has 1 aromatic heterocycles. The summed E-state index contributed by atoms with van der Waals surface area (Å²) in [4.78, 5) is 9.77. The summed E-state index contributed by atoms with van der Waals surface area (Å²) in [6, 6.07) is 3.27. The zero-order chi connectivity index (χ0) is 8.69. The highest BCUT2D eigenvalue weighted by atomic mass is 16.5. The highest BCUT2D eigenvalue weighted by molar-refractivity contribution is 6.30. The van der Waals surface area contributed by atoms with Crippen LogP contribution in [-0.2, 0) is 0 Å². The first-order valence-electron chi connectivity index (χ1n) is 2.69. The molecular weight excluding hydrogens is 151 g/mol. The van der Waals surface area contributed by atoms with Crippen molar-refractivity contribution in [2.24, 2.45) is 0 Å². The van der Waals surface area contributed by atoms with Crippen LogP contribution in [0.4, 0.5) is 0 Å². The fourth-order valence-corrected chi connectivity index (χ4v) is 0.358. The lowest BCUT2D eigenvalue weighted by molar-refractivity contribution is 0.110. The van der Waals surface area contributed by atoms with Crippen molar-refractivity contribution in [2.75, 3.05) is 0 Å². The van der Waals surface area contributed by atoms with E-state index in [-0.39, 0.29) is 0 Å². The van der Waals surface area contributed by atoms with Crippen molar-refractivity contribution in [3.63, 3.8) is 0 Å². The Kier molecular flexibility index (Phi) is 5.09. The smallest absolute Gasteiger partial charge is 0.462 e. The van der Waals surface area contributed by atoms with Gasteiger partial charge in [-0.2, -0.15) is 0 Å². The summed E-state index contributed by atoms with van der Waals surface area (Å²) in [6.07, 6.45) is 2.13. The van der Waals surface area contributed by atoms with Gasteiger partial charge in [-0.15, -0.1) is 0 Å². The van der Waals surface area contributed by atoms with Crippen molar-refractivity contribution in [1.29, 1.82) is 0 Å². The lowest BCUT2D eigenvalue weighted by atomic mass is 10.3. The topological polar surface area (TPSA) is 90.9 Å². The third-order valence-electron chi connectivity index (χ3n) is 0.659. The van der Waals surface area contributed by atoms with Gasteiger partial charge in [0.05, 0.1) is 6.26 Å². The third kappa shape index (κ3) is 6.78. The Morgan fingerprint density at radius 2 is 2.00 bits per heavy atom. The van der Waals surface area contributed by atoms with E-state index in [0.29, 0.717) is 12.0 Å². The van der Waals surface area contributed by atoms with Crippen LogP contribution in [0, 0.1) is 0 Å². The molecule has 1 heterocycles. The SMILES string of the molecule is O=Cc1ccco1.OB(O)O. The molecule has 0 amide bonds. The monoisotopic (exact) mass is 158 g/mol. The maximum absolute atomic E-state index is 9.77. The fourth-order valence-electron chi connectivity index (χ4n) is 0.358. The van der Waals surface area contributed by atoms with Gasteiger partial charge in [0.1, 0.15) is 0 Å². The summed E-state index contributed by atoms with van der Waals surface area (Å²) in [5.41, 5.74) is 0. The van der Waals surface area contributed by atoms with Gasteiger partial charge in [-0.25, -0.2) is 0 Å². The molecule has 0 aromatic carbocycles. The first-order chi connectivity index (χ1) is 5.16. The second-order valence-electron chi connectivity index (χ2n) is 1.48. The van der Waals surface area contributed by atoms with Crippen molar-refractivity contribution in [3.8, 4) is 0 Å². The van der Waals surface area contributed by atoms with Crippen molar-refractivity contribution in [1.82, 2.24) is 0 Å². The van der Waals surface area contributed by atoms with Crippen LogP contribution in [0.1, 0.15) is 10.6 Å². The van der Waals surface area contributed by atoms with Crippen molar-refractivity contribution >= 4 is 13.6 Å². The van der Waals surface area contributed by atoms with Gasteiger partial charge in [0.2, 0.25) is 0 Å². The molecular formula is C5H7BO5. The summed E-state index contributed by atoms with van der Waals surface area (Å²) < 4.78 is 4.61. The number of rotatable bonds is 1. The fraction of sp³-hybridized carbons (Fsp3) is 0. The minimum atomic E-state index is -2.17. The highest BCUT2D eigenvalue weighted by Gasteiger charge is 1.92. The largest absolute Gasteiger partial charge is 0.631 e. The number of hydrogen-bond acceptors (Lipinski definition) is 5. The van der Waals surface area contributed by atoms with E-state index in [1.807, 2.05) is 0 Å². The Bertz CT molecular complexity index is 180. The molecule has 0 fully saturated rings. The molecule has 0 spiro atoms. The lowest BCUT2D eigenvalue weighted by Crippen LogP contribution is -2.07. The number of carbonyl (C=O) groups is 1. The lowest BCUT2D eigenvalue weighted by Gasteiger charge is -1.69. The molecule has 60 valence electrons. The zero-order valence-electron chi connectivity index (χ0n) is 5.54. The Morgan fingerprint density at radius 1 is 1.45 bits per heavy atom. The van der Waals surface area contributed by atoms with E-state index in [4.69, 9.17) is 15.1 Å². The number of aldehydes is 1. The molecule has 0 radical (unpaired) electrons. The minimum Gasteiger partial charge on any atom is -0.462 e. The van der Waals surface area contributed by atoms with E-state index in [1.54, 1.807) is 12.1 Å². The first kappa shape index (κ1) is 9.89. The van der Waals surface area contributed by atoms with Gasteiger partial charge < -0.3 is 19.5 Å². The third-order valence-corrected chi connectivity index (χ3v) is 0.659. The van der Waals surface area contributed by atoms with E-state index in [0.717, 1.165) is 0 Å². The predicted octanol–water partition coefficient (Wildman–Crippen LogP) is -0.960. The molecule has 0 atom stereocenters. The molecule has 5 nitrogen and oxygen atoms in total. The Hall–Kier alpha value is -1.11. The molecule has 0 bridgehead atoms. The maximum Gasteiger partial charge on any atom is 0.631 e. The van der Waals surface area contributed by atoms with Gasteiger partial charge >= 0.3 is 7.32 Å². The van der Waals surface area contributed by atoms with Crippen molar-refractivity contribution < 1.29 is 24.3 Å². The second kappa shape index (κ2) is 5.66. The van der Waals surface area contributed by atoms with E-state index in [9.17, 15) is 4.79 Å². The van der Waals surface area contributed by atoms with Crippen LogP contribution in [0.15, 0.2) is 22.8 Å². The molecule has 1 rings (SSSR count). The van der Waals surface area contributed by atoms with E-state index in [1.165, 1.54) is 6.26 Å². The standard InChI is InChI=1S/C5H4O2.BH3O3/c6-4-5-2-1-3-7-5;2-1(3)4/h1-4H;2-4H. The zero-order valence-corrected chi connectivity index (χ0v) is 5.54. The van der Waals surface area contributed by atoms with E-state index < -0.39 is 7.32 Å². The number of hydrogen-bond donors (Lipinski definition) is 3. The van der Waals surface area contributed by atoms with Crippen molar-refractivity contribution in [3.05, 3.63) is 24.2 Å². The van der Waals surface area contributed by atoms with Crippen LogP contribution in [0.2, 0.25) is 0 Å². The van der Waals surface area contributed by atoms with Gasteiger partial charge in [-0.05, 0) is 12.1 Å². The highest BCUT2D eigenvalue weighted by Crippen LogP contribution is 1.92. The van der Waals surface area contributed by atoms with Gasteiger partial charge in [0.25, 0.3) is 0 Å². The van der Waals surface area contributed by atoms with Crippen LogP contribution in [0.5, 0.6) is 0 Å². The Labute approximate surface area is 63.1 Å². The average molecular weight is 158 g/mol. The molecule has 1 aromatic rings. The van der Waals surface area contributed by atoms with Crippen LogP contribution in [-0.4, -0.2) is 28.7 Å². The molecule has 11 heavy (non-hydrogen) atoms. The second-order valence-corrected chi connectivity index (χ2v) is 1.48. The van der Waals surface area contributed by atoms with E-state index in [2.05, 4.69) is 4.42 Å². The quantitative estimate of drug-likeness (QED) is 0.361. The van der Waals surface area contributed by atoms with E-state index >= 15 is 0 Å². The summed E-state index contributed by atoms with van der Waals surface area (Å²) >= 11 is 0. The van der Waals surface area contributed by atoms with Crippen molar-refractivity contribution in [2.45, 2.75) is 0 Å². The Morgan fingerprint density at radius 3 is 2.18 bits per heavy atom. The molecule has 0 unspecified atom stereocenters. The van der Waals surface area contributed by atoms with Gasteiger partial charge in [0.15, 0.2) is 12.0 Å². The molecule has 0 aliphatic carbocycles. The molecule has 0 aliphatic rings. The average Bonchev–Trinajstić information content (AvgIpc) is 2.36. The van der Waals surface area contributed by atoms with Gasteiger partial charge in [0, 0.05) is 0 Å². The predicted molar refractivity (Wildman–Crippen MR) is 36.5 cm³/mol. The molecule has 0 saturated heterocycles. The Balaban J connectivity index is 0.000000218. The maximum atomic E-state index is 9.77. The molecule has 0 aliphatic heterocycles. The molecule has 0 saturated carbocycles. The van der Waals surface area contributed by atoms with Crippen LogP contribution >= 0.6 is 0 Å². The molecule has 3 N–H and O–H groups in total. The summed E-state index contributed by atoms with van der Waals surface area (Å²) in [6.45, 7) is 0. The summed E-state index contributed by atoms with van der Waals surface area (Å²) in [7, 11) is -2.17. The number of furan rings is 1. The van der Waals surface area contributed by atoms with Gasteiger partial charge in [-0.3, -0.25) is 4.79 Å². The normalized spacial score (nSPS) is 7.91. The number of carbonyl (C=O) groups excluding carboxylic acids is 1. The van der Waals surface area contributed by atoms with Gasteiger partial charge in [-0.1, -0.05) is 0 Å². The molecule has 6 heteroatoms.